The van der Waals surface area contributed by atoms with Crippen molar-refractivity contribution in [2.24, 2.45) is 0 Å². The van der Waals surface area contributed by atoms with Crippen molar-refractivity contribution in [2.45, 2.75) is 0 Å². The van der Waals surface area contributed by atoms with Crippen LogP contribution < -0.4 is 15.9 Å². The normalized spacial score (nSPS) is 11.3. The molecule has 9 aromatic rings. The van der Waals surface area contributed by atoms with Crippen LogP contribution in [-0.2, 0) is 4.57 Å². The quantitative estimate of drug-likeness (QED) is 0.138. The fourth-order valence-electron chi connectivity index (χ4n) is 7.05. The molecule has 9 rings (SSSR count). The van der Waals surface area contributed by atoms with Crippen LogP contribution in [0.4, 0.5) is 0 Å². The van der Waals surface area contributed by atoms with Gasteiger partial charge < -0.3 is 4.57 Å². The first-order valence-corrected chi connectivity index (χ1v) is 20.3. The molecule has 5 heteroatoms. The molecule has 0 saturated carbocycles. The maximum absolute atomic E-state index is 14.8. The summed E-state index contributed by atoms with van der Waals surface area (Å²) in [6, 6.07) is 73.4. The minimum absolute atomic E-state index is 0.621. The van der Waals surface area contributed by atoms with E-state index >= 15 is 0 Å². The van der Waals surface area contributed by atoms with Crippen LogP contribution in [0.25, 0.3) is 67.5 Å². The maximum atomic E-state index is 14.8. The minimum Gasteiger partial charge on any atom is -0.309 e. The fourth-order valence-corrected chi connectivity index (χ4v) is 9.69. The molecule has 0 aliphatic heterocycles. The molecule has 1 aromatic heterocycles. The lowest BCUT2D eigenvalue weighted by Crippen LogP contribution is -2.24. The molecule has 0 radical (unpaired) electrons. The second-order valence-electron chi connectivity index (χ2n) is 13.6. The highest BCUT2D eigenvalue weighted by molar-refractivity contribution is 7.85. The van der Waals surface area contributed by atoms with Crippen molar-refractivity contribution in [3.8, 4) is 67.5 Å². The van der Waals surface area contributed by atoms with Crippen LogP contribution in [0.2, 0.25) is 0 Å². The molecule has 56 heavy (non-hydrogen) atoms. The molecule has 0 amide bonds. The lowest BCUT2D eigenvalue weighted by atomic mass is 9.99. The summed E-state index contributed by atoms with van der Waals surface area (Å²) < 4.78 is 14.8. The van der Waals surface area contributed by atoms with Crippen LogP contribution in [-0.4, -0.2) is 15.0 Å². The van der Waals surface area contributed by atoms with Gasteiger partial charge in [0.15, 0.2) is 24.6 Å². The summed E-state index contributed by atoms with van der Waals surface area (Å²) in [5, 5.41) is 2.48. The standard InChI is InChI=1S/C51H36N3OP/c55-56(46-17-9-3-10-18-46,47-19-11-4-12-20-47)48-35-33-42(34-36-48)40-23-21-39(22-24-40)41-27-31-45(32-28-41)51-53-49(43-15-7-2-8-16-43)52-50(54-51)44-29-25-38(26-30-44)37-13-5-1-6-14-37/h1-36H. The molecular weight excluding hydrogens is 702 g/mol. The van der Waals surface area contributed by atoms with Gasteiger partial charge in [0, 0.05) is 32.6 Å². The summed E-state index contributed by atoms with van der Waals surface area (Å²) in [6.45, 7) is 0. The molecule has 0 saturated heterocycles. The van der Waals surface area contributed by atoms with E-state index in [0.29, 0.717) is 17.5 Å². The number of hydrogen-bond donors (Lipinski definition) is 0. The summed E-state index contributed by atoms with van der Waals surface area (Å²) in [5.41, 5.74) is 9.44. The van der Waals surface area contributed by atoms with Crippen LogP contribution in [0.5, 0.6) is 0 Å². The van der Waals surface area contributed by atoms with Gasteiger partial charge in [0.05, 0.1) is 0 Å². The SMILES string of the molecule is O=P(c1ccccc1)(c1ccccc1)c1ccc(-c2ccc(-c3ccc(-c4nc(-c5ccccc5)nc(-c5ccc(-c6ccccc6)cc5)n4)cc3)cc2)cc1. The van der Waals surface area contributed by atoms with E-state index in [1.54, 1.807) is 0 Å². The van der Waals surface area contributed by atoms with E-state index in [1.165, 1.54) is 5.56 Å². The topological polar surface area (TPSA) is 55.7 Å². The Morgan fingerprint density at radius 3 is 0.786 bits per heavy atom. The number of aromatic nitrogens is 3. The highest BCUT2D eigenvalue weighted by atomic mass is 31.2. The van der Waals surface area contributed by atoms with E-state index in [9.17, 15) is 4.57 Å². The Labute approximate surface area is 327 Å². The predicted molar refractivity (Wildman–Crippen MR) is 232 cm³/mol. The second-order valence-corrected chi connectivity index (χ2v) is 16.4. The first-order chi connectivity index (χ1) is 27.6. The highest BCUT2D eigenvalue weighted by Gasteiger charge is 2.29. The molecule has 0 spiro atoms. The Kier molecular flexibility index (Phi) is 9.55. The van der Waals surface area contributed by atoms with E-state index in [2.05, 4.69) is 97.1 Å². The molecule has 0 atom stereocenters. The van der Waals surface area contributed by atoms with Gasteiger partial charge in [-0.2, -0.15) is 0 Å². The molecule has 8 aromatic carbocycles. The monoisotopic (exact) mass is 737 g/mol. The molecule has 0 fully saturated rings. The average molecular weight is 738 g/mol. The summed E-state index contributed by atoms with van der Waals surface area (Å²) >= 11 is 0. The van der Waals surface area contributed by atoms with Crippen molar-refractivity contribution in [3.63, 3.8) is 0 Å². The van der Waals surface area contributed by atoms with E-state index < -0.39 is 7.14 Å². The van der Waals surface area contributed by atoms with Crippen molar-refractivity contribution < 1.29 is 4.57 Å². The van der Waals surface area contributed by atoms with Gasteiger partial charge >= 0.3 is 0 Å². The van der Waals surface area contributed by atoms with E-state index in [1.807, 2.05) is 121 Å². The van der Waals surface area contributed by atoms with Gasteiger partial charge in [-0.15, -0.1) is 0 Å². The largest absolute Gasteiger partial charge is 0.309 e. The smallest absolute Gasteiger partial charge is 0.171 e. The predicted octanol–water partition coefficient (Wildman–Crippen LogP) is 11.5. The number of hydrogen-bond acceptors (Lipinski definition) is 4. The van der Waals surface area contributed by atoms with Gasteiger partial charge in [-0.25, -0.2) is 15.0 Å². The Hall–Kier alpha value is -7.00. The second kappa shape index (κ2) is 15.4. The first kappa shape index (κ1) is 34.7. The number of benzene rings is 8. The van der Waals surface area contributed by atoms with E-state index in [-0.39, 0.29) is 0 Å². The zero-order chi connectivity index (χ0) is 37.7. The summed E-state index contributed by atoms with van der Waals surface area (Å²) in [5.74, 6) is 1.88. The number of nitrogens with zero attached hydrogens (tertiary/aromatic N) is 3. The zero-order valence-corrected chi connectivity index (χ0v) is 31.4. The van der Waals surface area contributed by atoms with Gasteiger partial charge in [-0.1, -0.05) is 218 Å². The van der Waals surface area contributed by atoms with Crippen LogP contribution in [0, 0.1) is 0 Å². The van der Waals surface area contributed by atoms with Crippen molar-refractivity contribution in [3.05, 3.63) is 218 Å². The van der Waals surface area contributed by atoms with Gasteiger partial charge in [0.1, 0.15) is 0 Å². The molecule has 0 unspecified atom stereocenters. The first-order valence-electron chi connectivity index (χ1n) is 18.6. The van der Waals surface area contributed by atoms with Crippen molar-refractivity contribution in [1.82, 2.24) is 15.0 Å². The van der Waals surface area contributed by atoms with E-state index in [4.69, 9.17) is 15.0 Å². The molecule has 0 aliphatic carbocycles. The molecule has 4 nitrogen and oxygen atoms in total. The lowest BCUT2D eigenvalue weighted by Gasteiger charge is -2.20. The highest BCUT2D eigenvalue weighted by Crippen LogP contribution is 2.42. The fraction of sp³-hybridized carbons (Fsp3) is 0. The molecule has 266 valence electrons. The Morgan fingerprint density at radius 1 is 0.232 bits per heavy atom. The Balaban J connectivity index is 0.977. The third kappa shape index (κ3) is 7.02. The molecule has 0 aliphatic rings. The van der Waals surface area contributed by atoms with E-state index in [0.717, 1.165) is 60.4 Å². The van der Waals surface area contributed by atoms with Crippen molar-refractivity contribution in [1.29, 1.82) is 0 Å². The van der Waals surface area contributed by atoms with Crippen molar-refractivity contribution >= 4 is 23.1 Å². The third-order valence-corrected chi connectivity index (χ3v) is 13.2. The molecule has 1 heterocycles. The van der Waals surface area contributed by atoms with Gasteiger partial charge in [-0.3, -0.25) is 0 Å². The third-order valence-electron chi connectivity index (χ3n) is 10.1. The molecule has 0 bridgehead atoms. The van der Waals surface area contributed by atoms with Crippen LogP contribution in [0.3, 0.4) is 0 Å². The lowest BCUT2D eigenvalue weighted by molar-refractivity contribution is 0.592. The Bertz CT molecular complexity index is 2710. The number of rotatable bonds is 9. The summed E-state index contributed by atoms with van der Waals surface area (Å²) in [6.07, 6.45) is 0. The Morgan fingerprint density at radius 2 is 0.446 bits per heavy atom. The summed E-state index contributed by atoms with van der Waals surface area (Å²) in [4.78, 5) is 14.8. The molecule has 0 N–H and O–H groups in total. The van der Waals surface area contributed by atoms with Crippen molar-refractivity contribution in [2.75, 3.05) is 0 Å². The van der Waals surface area contributed by atoms with Gasteiger partial charge in [-0.05, 0) is 33.4 Å². The minimum atomic E-state index is -3.02. The zero-order valence-electron chi connectivity index (χ0n) is 30.5. The molecular formula is C51H36N3OP. The average Bonchev–Trinajstić information content (AvgIpc) is 3.30. The summed E-state index contributed by atoms with van der Waals surface area (Å²) in [7, 11) is -3.02. The maximum Gasteiger partial charge on any atom is 0.171 e. The van der Waals surface area contributed by atoms with Crippen LogP contribution in [0.15, 0.2) is 218 Å². The van der Waals surface area contributed by atoms with Crippen LogP contribution >= 0.6 is 7.14 Å². The van der Waals surface area contributed by atoms with Gasteiger partial charge in [0.2, 0.25) is 0 Å². The van der Waals surface area contributed by atoms with Gasteiger partial charge in [0.25, 0.3) is 0 Å². The van der Waals surface area contributed by atoms with Crippen LogP contribution in [0.1, 0.15) is 0 Å².